The lowest BCUT2D eigenvalue weighted by Crippen LogP contribution is -2.56. The van der Waals surface area contributed by atoms with Crippen molar-refractivity contribution in [1.82, 2.24) is 0 Å². The summed E-state index contributed by atoms with van der Waals surface area (Å²) in [4.78, 5) is 24.2. The highest BCUT2D eigenvalue weighted by Gasteiger charge is 2.61. The lowest BCUT2D eigenvalue weighted by molar-refractivity contribution is -0.155. The van der Waals surface area contributed by atoms with Gasteiger partial charge in [0.25, 0.3) is 0 Å². The molecule has 9 atom stereocenters. The molecule has 0 aromatic carbocycles. The van der Waals surface area contributed by atoms with Crippen molar-refractivity contribution in [2.45, 2.75) is 91.1 Å². The fourth-order valence-electron chi connectivity index (χ4n) is 8.69. The van der Waals surface area contributed by atoms with Gasteiger partial charge in [0.1, 0.15) is 5.78 Å². The molecular formula is C24H38O4. The highest BCUT2D eigenvalue weighted by atomic mass is 16.4. The van der Waals surface area contributed by atoms with Gasteiger partial charge in [-0.2, -0.15) is 0 Å². The van der Waals surface area contributed by atoms with Gasteiger partial charge >= 0.3 is 5.97 Å². The topological polar surface area (TPSA) is 74.6 Å². The summed E-state index contributed by atoms with van der Waals surface area (Å²) in [5.41, 5.74) is 0.403. The number of fused-ring (bicyclic) bond motifs is 5. The summed E-state index contributed by atoms with van der Waals surface area (Å²) >= 11 is 0. The largest absolute Gasteiger partial charge is 0.479 e. The van der Waals surface area contributed by atoms with E-state index in [-0.39, 0.29) is 16.7 Å². The van der Waals surface area contributed by atoms with Crippen LogP contribution >= 0.6 is 0 Å². The summed E-state index contributed by atoms with van der Waals surface area (Å²) in [6, 6.07) is 0. The van der Waals surface area contributed by atoms with Crippen molar-refractivity contribution in [3.05, 3.63) is 0 Å². The van der Waals surface area contributed by atoms with Crippen molar-refractivity contribution in [3.8, 4) is 0 Å². The second-order valence-electron chi connectivity index (χ2n) is 11.1. The number of carbonyl (C=O) groups is 2. The van der Waals surface area contributed by atoms with Crippen LogP contribution in [-0.2, 0) is 9.59 Å². The zero-order valence-corrected chi connectivity index (χ0v) is 17.8. The van der Waals surface area contributed by atoms with Gasteiger partial charge in [-0.3, -0.25) is 4.79 Å². The molecule has 0 aromatic rings. The van der Waals surface area contributed by atoms with Gasteiger partial charge in [0, 0.05) is 12.3 Å². The Hall–Kier alpha value is -0.900. The smallest absolute Gasteiger partial charge is 0.332 e. The Kier molecular flexibility index (Phi) is 5.17. The molecule has 0 spiro atoms. The van der Waals surface area contributed by atoms with E-state index in [0.717, 1.165) is 19.3 Å². The average Bonchev–Trinajstić information content (AvgIpc) is 2.99. The molecule has 28 heavy (non-hydrogen) atoms. The molecular weight excluding hydrogens is 352 g/mol. The van der Waals surface area contributed by atoms with Gasteiger partial charge in [0.2, 0.25) is 0 Å². The summed E-state index contributed by atoms with van der Waals surface area (Å²) in [7, 11) is 0. The van der Waals surface area contributed by atoms with Crippen molar-refractivity contribution < 1.29 is 19.8 Å². The van der Waals surface area contributed by atoms with Crippen molar-refractivity contribution in [3.63, 3.8) is 0 Å². The Morgan fingerprint density at radius 1 is 1.07 bits per heavy atom. The molecule has 0 radical (unpaired) electrons. The first-order valence-corrected chi connectivity index (χ1v) is 11.6. The van der Waals surface area contributed by atoms with Crippen LogP contribution in [-0.4, -0.2) is 28.1 Å². The van der Waals surface area contributed by atoms with Crippen molar-refractivity contribution in [2.75, 3.05) is 0 Å². The first kappa shape index (κ1) is 20.4. The van der Waals surface area contributed by atoms with Gasteiger partial charge in [0.15, 0.2) is 6.10 Å². The summed E-state index contributed by atoms with van der Waals surface area (Å²) in [6.07, 6.45) is 9.40. The SMILES string of the molecule is C[C@H](CC(O)C(=O)O)[C@H]1CC[C@H]2[C@@H]3CC(=O)C4CCCC[C@]4(C)[C@H]3CC[C@]12C. The number of aliphatic hydroxyl groups is 1. The van der Waals surface area contributed by atoms with Gasteiger partial charge in [-0.05, 0) is 85.4 Å². The number of ketones is 1. The number of aliphatic hydroxyl groups excluding tert-OH is 1. The summed E-state index contributed by atoms with van der Waals surface area (Å²) in [5, 5.41) is 19.0. The quantitative estimate of drug-likeness (QED) is 0.730. The number of rotatable bonds is 4. The van der Waals surface area contributed by atoms with Crippen LogP contribution in [0, 0.1) is 46.3 Å². The number of aliphatic carboxylic acids is 1. The molecule has 0 aromatic heterocycles. The van der Waals surface area contributed by atoms with Crippen LogP contribution in [0.1, 0.15) is 85.0 Å². The minimum Gasteiger partial charge on any atom is -0.479 e. The van der Waals surface area contributed by atoms with Gasteiger partial charge in [-0.1, -0.05) is 33.6 Å². The van der Waals surface area contributed by atoms with E-state index in [4.69, 9.17) is 5.11 Å². The van der Waals surface area contributed by atoms with E-state index < -0.39 is 12.1 Å². The number of carboxylic acid groups (broad SMARTS) is 1. The molecule has 4 aliphatic rings. The predicted molar refractivity (Wildman–Crippen MR) is 108 cm³/mol. The molecule has 0 bridgehead atoms. The van der Waals surface area contributed by atoms with Gasteiger partial charge < -0.3 is 10.2 Å². The summed E-state index contributed by atoms with van der Waals surface area (Å²) in [6.45, 7) is 6.96. The lowest BCUT2D eigenvalue weighted by Gasteiger charge is -2.60. The van der Waals surface area contributed by atoms with Gasteiger partial charge in [-0.15, -0.1) is 0 Å². The molecule has 4 rings (SSSR count). The fraction of sp³-hybridized carbons (Fsp3) is 0.917. The van der Waals surface area contributed by atoms with Gasteiger partial charge in [-0.25, -0.2) is 4.79 Å². The van der Waals surface area contributed by atoms with E-state index in [1.54, 1.807) is 0 Å². The van der Waals surface area contributed by atoms with E-state index in [0.29, 0.717) is 41.8 Å². The molecule has 158 valence electrons. The van der Waals surface area contributed by atoms with Crippen LogP contribution in [0.4, 0.5) is 0 Å². The van der Waals surface area contributed by atoms with E-state index in [2.05, 4.69) is 20.8 Å². The van der Waals surface area contributed by atoms with E-state index in [1.807, 2.05) is 0 Å². The molecule has 4 aliphatic carbocycles. The second-order valence-corrected chi connectivity index (χ2v) is 11.1. The van der Waals surface area contributed by atoms with Crippen LogP contribution in [0.15, 0.2) is 0 Å². The monoisotopic (exact) mass is 390 g/mol. The number of hydrogen-bond acceptors (Lipinski definition) is 3. The van der Waals surface area contributed by atoms with E-state index >= 15 is 0 Å². The van der Waals surface area contributed by atoms with Crippen molar-refractivity contribution >= 4 is 11.8 Å². The normalized spacial score (nSPS) is 47.6. The maximum Gasteiger partial charge on any atom is 0.332 e. The second kappa shape index (κ2) is 7.11. The van der Waals surface area contributed by atoms with Crippen molar-refractivity contribution in [1.29, 1.82) is 0 Å². The standard InChI is InChI=1S/C24H38O4/c1-14(12-21(26)22(27)28)16-7-8-17-15-13-20(25)19-6-4-5-10-23(19,2)18(15)9-11-24(16,17)3/h14-19,21,26H,4-13H2,1-3H3,(H,27,28)/t14-,15+,16-,17+,18+,19?,21?,23-,24-/m1/s1. The predicted octanol–water partition coefficient (Wildman–Crippen LogP) is 4.69. The van der Waals surface area contributed by atoms with Crippen LogP contribution in [0.2, 0.25) is 0 Å². The maximum absolute atomic E-state index is 13.1. The number of carbonyl (C=O) groups excluding carboxylic acids is 1. The Bertz CT molecular complexity index is 645. The van der Waals surface area contributed by atoms with Crippen LogP contribution in [0.5, 0.6) is 0 Å². The first-order valence-electron chi connectivity index (χ1n) is 11.6. The van der Waals surface area contributed by atoms with E-state index in [1.165, 1.54) is 38.5 Å². The maximum atomic E-state index is 13.1. The van der Waals surface area contributed by atoms with Crippen molar-refractivity contribution in [2.24, 2.45) is 46.3 Å². The average molecular weight is 391 g/mol. The summed E-state index contributed by atoms with van der Waals surface area (Å²) < 4.78 is 0. The molecule has 4 nitrogen and oxygen atoms in total. The summed E-state index contributed by atoms with van der Waals surface area (Å²) in [5.74, 6) is 2.18. The molecule has 2 N–H and O–H groups in total. The molecule has 0 amide bonds. The van der Waals surface area contributed by atoms with Crippen LogP contribution < -0.4 is 0 Å². The Balaban J connectivity index is 1.56. The Labute approximate surface area is 169 Å². The van der Waals surface area contributed by atoms with Gasteiger partial charge in [0.05, 0.1) is 0 Å². The molecule has 4 saturated carbocycles. The first-order chi connectivity index (χ1) is 13.2. The molecule has 0 heterocycles. The zero-order valence-electron chi connectivity index (χ0n) is 17.8. The molecule has 4 heteroatoms. The van der Waals surface area contributed by atoms with Crippen LogP contribution in [0.3, 0.4) is 0 Å². The Morgan fingerprint density at radius 3 is 2.50 bits per heavy atom. The number of hydrogen-bond donors (Lipinski definition) is 2. The minimum atomic E-state index is -1.26. The third-order valence-corrected chi connectivity index (χ3v) is 10.0. The minimum absolute atomic E-state index is 0.191. The Morgan fingerprint density at radius 2 is 1.79 bits per heavy atom. The third kappa shape index (κ3) is 2.97. The highest BCUT2D eigenvalue weighted by molar-refractivity contribution is 5.83. The molecule has 4 fully saturated rings. The molecule has 0 aliphatic heterocycles. The highest BCUT2D eigenvalue weighted by Crippen LogP contribution is 2.67. The lowest BCUT2D eigenvalue weighted by atomic mass is 9.44. The van der Waals surface area contributed by atoms with Crippen LogP contribution in [0.25, 0.3) is 0 Å². The number of carboxylic acids is 1. The molecule has 2 unspecified atom stereocenters. The fourth-order valence-corrected chi connectivity index (χ4v) is 8.69. The molecule has 0 saturated heterocycles. The number of Topliss-reactive ketones (excluding diaryl/α,β-unsaturated/α-hetero) is 1. The van der Waals surface area contributed by atoms with E-state index in [9.17, 15) is 14.7 Å². The zero-order chi connectivity index (χ0) is 20.3. The third-order valence-electron chi connectivity index (χ3n) is 10.0.